The Kier molecular flexibility index (Phi) is 3.99. The first-order valence-corrected chi connectivity index (χ1v) is 4.54. The minimum atomic E-state index is -0.426. The van der Waals surface area contributed by atoms with Crippen molar-refractivity contribution in [2.45, 2.75) is 6.42 Å². The molecular formula is C9H12N2O4. The third kappa shape index (κ3) is 3.17. The summed E-state index contributed by atoms with van der Waals surface area (Å²) < 4.78 is 4.75. The summed E-state index contributed by atoms with van der Waals surface area (Å²) in [6.07, 6.45) is 2.51. The molecule has 6 nitrogen and oxygen atoms in total. The number of rotatable bonds is 5. The van der Waals surface area contributed by atoms with Gasteiger partial charge in [0, 0.05) is 18.7 Å². The number of nitrogens with two attached hydrogens (primary N) is 1. The Bertz CT molecular complexity index is 293. The number of hydrogen-bond acceptors (Lipinski definition) is 5. The Morgan fingerprint density at radius 1 is 1.33 bits per heavy atom. The lowest BCUT2D eigenvalue weighted by molar-refractivity contribution is -0.147. The molecule has 1 aliphatic heterocycles. The maximum atomic E-state index is 11.0. The van der Waals surface area contributed by atoms with Crippen LogP contribution in [0.4, 0.5) is 0 Å². The first-order chi connectivity index (χ1) is 7.15. The van der Waals surface area contributed by atoms with Crippen molar-refractivity contribution < 1.29 is 19.1 Å². The van der Waals surface area contributed by atoms with Crippen LogP contribution in [0.2, 0.25) is 0 Å². The number of imide groups is 1. The predicted molar refractivity (Wildman–Crippen MR) is 50.5 cm³/mol. The molecule has 0 saturated carbocycles. The van der Waals surface area contributed by atoms with Crippen molar-refractivity contribution in [2.24, 2.45) is 5.73 Å². The summed E-state index contributed by atoms with van der Waals surface area (Å²) in [5.74, 6) is -1.19. The zero-order valence-electron chi connectivity index (χ0n) is 8.14. The molecule has 0 radical (unpaired) electrons. The second-order valence-corrected chi connectivity index (χ2v) is 2.92. The molecule has 0 unspecified atom stereocenters. The van der Waals surface area contributed by atoms with Gasteiger partial charge in [-0.15, -0.1) is 0 Å². The average molecular weight is 212 g/mol. The molecule has 0 saturated heterocycles. The molecule has 0 aromatic rings. The smallest absolute Gasteiger partial charge is 0.307 e. The van der Waals surface area contributed by atoms with Crippen LogP contribution in [0.25, 0.3) is 0 Å². The quantitative estimate of drug-likeness (QED) is 0.457. The summed E-state index contributed by atoms with van der Waals surface area (Å²) in [4.78, 5) is 34.0. The fraction of sp³-hybridized carbons (Fsp3) is 0.444. The Balaban J connectivity index is 2.23. The van der Waals surface area contributed by atoms with Crippen LogP contribution >= 0.6 is 0 Å². The number of nitrogens with zero attached hydrogens (tertiary/aromatic N) is 1. The molecule has 2 N–H and O–H groups in total. The van der Waals surface area contributed by atoms with E-state index in [4.69, 9.17) is 10.5 Å². The maximum Gasteiger partial charge on any atom is 0.307 e. The van der Waals surface area contributed by atoms with Crippen LogP contribution in [0, 0.1) is 0 Å². The molecule has 1 heterocycles. The van der Waals surface area contributed by atoms with Crippen LogP contribution < -0.4 is 5.73 Å². The third-order valence-corrected chi connectivity index (χ3v) is 1.83. The highest BCUT2D eigenvalue weighted by Crippen LogP contribution is 2.02. The van der Waals surface area contributed by atoms with Crippen molar-refractivity contribution in [2.75, 3.05) is 19.7 Å². The molecule has 0 fully saturated rings. The van der Waals surface area contributed by atoms with Gasteiger partial charge in [-0.2, -0.15) is 0 Å². The van der Waals surface area contributed by atoms with Crippen molar-refractivity contribution in [3.05, 3.63) is 12.2 Å². The second kappa shape index (κ2) is 5.26. The van der Waals surface area contributed by atoms with Crippen molar-refractivity contribution >= 4 is 17.8 Å². The molecule has 0 spiro atoms. The van der Waals surface area contributed by atoms with E-state index in [2.05, 4.69) is 0 Å². The van der Waals surface area contributed by atoms with E-state index in [1.54, 1.807) is 0 Å². The van der Waals surface area contributed by atoms with Crippen molar-refractivity contribution in [1.82, 2.24) is 4.90 Å². The summed E-state index contributed by atoms with van der Waals surface area (Å²) in [5, 5.41) is 0. The van der Waals surface area contributed by atoms with E-state index in [-0.39, 0.29) is 37.9 Å². The molecule has 2 amide bonds. The standard InChI is InChI=1S/C9H12N2O4/c10-4-3-9(14)15-6-5-11-7(12)1-2-8(11)13/h1-2H,3-6,10H2. The van der Waals surface area contributed by atoms with E-state index in [1.807, 2.05) is 0 Å². The Morgan fingerprint density at radius 3 is 2.47 bits per heavy atom. The van der Waals surface area contributed by atoms with Gasteiger partial charge in [-0.1, -0.05) is 0 Å². The van der Waals surface area contributed by atoms with Gasteiger partial charge in [0.25, 0.3) is 11.8 Å². The minimum absolute atomic E-state index is 0.0119. The van der Waals surface area contributed by atoms with Gasteiger partial charge >= 0.3 is 5.97 Å². The molecule has 0 aromatic heterocycles. The zero-order valence-corrected chi connectivity index (χ0v) is 8.14. The monoisotopic (exact) mass is 212 g/mol. The molecular weight excluding hydrogens is 200 g/mol. The molecule has 1 rings (SSSR count). The molecule has 0 bridgehead atoms. The lowest BCUT2D eigenvalue weighted by Gasteiger charge is -2.13. The number of esters is 1. The maximum absolute atomic E-state index is 11.0. The second-order valence-electron chi connectivity index (χ2n) is 2.92. The van der Waals surface area contributed by atoms with E-state index in [9.17, 15) is 14.4 Å². The van der Waals surface area contributed by atoms with Crippen molar-refractivity contribution in [3.63, 3.8) is 0 Å². The molecule has 0 atom stereocenters. The fourth-order valence-corrected chi connectivity index (χ4v) is 1.09. The highest BCUT2D eigenvalue weighted by atomic mass is 16.5. The van der Waals surface area contributed by atoms with Crippen LogP contribution in [-0.4, -0.2) is 42.4 Å². The Morgan fingerprint density at radius 2 is 1.93 bits per heavy atom. The number of amides is 2. The van der Waals surface area contributed by atoms with Crippen LogP contribution in [0.15, 0.2) is 12.2 Å². The minimum Gasteiger partial charge on any atom is -0.464 e. The molecule has 15 heavy (non-hydrogen) atoms. The predicted octanol–water partition coefficient (Wildman–Crippen LogP) is -1.20. The van der Waals surface area contributed by atoms with E-state index < -0.39 is 5.97 Å². The molecule has 82 valence electrons. The van der Waals surface area contributed by atoms with Gasteiger partial charge in [-0.3, -0.25) is 19.3 Å². The van der Waals surface area contributed by atoms with E-state index in [1.165, 1.54) is 12.2 Å². The van der Waals surface area contributed by atoms with E-state index in [0.29, 0.717) is 0 Å². The lowest BCUT2D eigenvalue weighted by atomic mass is 10.4. The average Bonchev–Trinajstić information content (AvgIpc) is 2.49. The summed E-state index contributed by atoms with van der Waals surface area (Å²) in [5.41, 5.74) is 5.14. The lowest BCUT2D eigenvalue weighted by Crippen LogP contribution is -2.33. The van der Waals surface area contributed by atoms with Gasteiger partial charge in [0.1, 0.15) is 6.61 Å². The highest BCUT2D eigenvalue weighted by Gasteiger charge is 2.22. The summed E-state index contributed by atoms with van der Waals surface area (Å²) >= 11 is 0. The summed E-state index contributed by atoms with van der Waals surface area (Å²) in [7, 11) is 0. The van der Waals surface area contributed by atoms with Gasteiger partial charge in [-0.05, 0) is 0 Å². The van der Waals surface area contributed by atoms with E-state index in [0.717, 1.165) is 4.90 Å². The number of ether oxygens (including phenoxy) is 1. The third-order valence-electron chi connectivity index (χ3n) is 1.83. The van der Waals surface area contributed by atoms with Gasteiger partial charge in [-0.25, -0.2) is 0 Å². The largest absolute Gasteiger partial charge is 0.464 e. The van der Waals surface area contributed by atoms with Crippen LogP contribution in [0.3, 0.4) is 0 Å². The summed E-state index contributed by atoms with van der Waals surface area (Å²) in [6.45, 7) is 0.320. The highest BCUT2D eigenvalue weighted by molar-refractivity contribution is 6.12. The van der Waals surface area contributed by atoms with Crippen LogP contribution in [0.5, 0.6) is 0 Å². The first kappa shape index (κ1) is 11.4. The molecule has 0 aromatic carbocycles. The van der Waals surface area contributed by atoms with Gasteiger partial charge < -0.3 is 10.5 Å². The molecule has 0 aliphatic carbocycles. The number of carbonyl (C=O) groups is 3. The number of hydrogen-bond donors (Lipinski definition) is 1. The fourth-order valence-electron chi connectivity index (χ4n) is 1.09. The first-order valence-electron chi connectivity index (χ1n) is 4.54. The molecule has 1 aliphatic rings. The van der Waals surface area contributed by atoms with Crippen LogP contribution in [-0.2, 0) is 19.1 Å². The SMILES string of the molecule is NCCC(=O)OCCN1C(=O)C=CC1=O. The van der Waals surface area contributed by atoms with Gasteiger partial charge in [0.2, 0.25) is 0 Å². The molecule has 6 heteroatoms. The van der Waals surface area contributed by atoms with Gasteiger partial charge in [0.05, 0.1) is 13.0 Å². The number of carbonyl (C=O) groups excluding carboxylic acids is 3. The van der Waals surface area contributed by atoms with Crippen molar-refractivity contribution in [1.29, 1.82) is 0 Å². The van der Waals surface area contributed by atoms with E-state index >= 15 is 0 Å². The Labute approximate surface area is 86.7 Å². The summed E-state index contributed by atoms with van der Waals surface area (Å²) in [6, 6.07) is 0. The van der Waals surface area contributed by atoms with Crippen molar-refractivity contribution in [3.8, 4) is 0 Å². The zero-order chi connectivity index (χ0) is 11.3. The van der Waals surface area contributed by atoms with Gasteiger partial charge in [0.15, 0.2) is 0 Å². The Hall–Kier alpha value is -1.69. The van der Waals surface area contributed by atoms with Crippen LogP contribution in [0.1, 0.15) is 6.42 Å². The normalized spacial score (nSPS) is 14.9. The topological polar surface area (TPSA) is 89.7 Å².